The van der Waals surface area contributed by atoms with Crippen molar-refractivity contribution in [2.24, 2.45) is 5.92 Å². The average Bonchev–Trinajstić information content (AvgIpc) is 2.82. The van der Waals surface area contributed by atoms with Gasteiger partial charge in [-0.15, -0.1) is 0 Å². The van der Waals surface area contributed by atoms with Gasteiger partial charge in [0.2, 0.25) is 5.91 Å². The van der Waals surface area contributed by atoms with Crippen LogP contribution < -0.4 is 10.1 Å². The largest absolute Gasteiger partial charge is 0.490 e. The summed E-state index contributed by atoms with van der Waals surface area (Å²) in [5, 5.41) is 3.03. The van der Waals surface area contributed by atoms with E-state index in [0.29, 0.717) is 25.9 Å². The number of likely N-dealkylation sites (tertiary alicyclic amines) is 2. The molecule has 32 heavy (non-hydrogen) atoms. The Morgan fingerprint density at radius 3 is 2.22 bits per heavy atom. The summed E-state index contributed by atoms with van der Waals surface area (Å²) in [5.74, 6) is 0.853. The van der Waals surface area contributed by atoms with Crippen LogP contribution in [0.5, 0.6) is 5.75 Å². The summed E-state index contributed by atoms with van der Waals surface area (Å²) < 4.78 is 6.08. The maximum Gasteiger partial charge on any atom is 0.254 e. The van der Waals surface area contributed by atoms with Crippen molar-refractivity contribution in [1.82, 2.24) is 9.80 Å². The molecule has 170 valence electrons. The van der Waals surface area contributed by atoms with Crippen molar-refractivity contribution >= 4 is 17.5 Å². The summed E-state index contributed by atoms with van der Waals surface area (Å²) in [6.07, 6.45) is 3.71. The Balaban J connectivity index is 1.25. The fraction of sp³-hybridized carbons (Fsp3) is 0.462. The van der Waals surface area contributed by atoms with Gasteiger partial charge < -0.3 is 19.9 Å². The second kappa shape index (κ2) is 10.2. The van der Waals surface area contributed by atoms with Gasteiger partial charge in [-0.2, -0.15) is 0 Å². The van der Waals surface area contributed by atoms with Crippen molar-refractivity contribution in [1.29, 1.82) is 0 Å². The molecule has 2 fully saturated rings. The predicted octanol–water partition coefficient (Wildman–Crippen LogP) is 3.96. The Hall–Kier alpha value is -2.86. The summed E-state index contributed by atoms with van der Waals surface area (Å²) in [7, 11) is 2.14. The minimum absolute atomic E-state index is 0.0250. The first-order chi connectivity index (χ1) is 15.5. The molecule has 0 aromatic heterocycles. The SMILES string of the molecule is Cc1ccccc1C(=O)N1CCC(C(=O)Nc2ccc(OC3CCN(C)CC3)cc2)CC1. The quantitative estimate of drug-likeness (QED) is 0.772. The number of hydrogen-bond acceptors (Lipinski definition) is 4. The van der Waals surface area contributed by atoms with Gasteiger partial charge in [0, 0.05) is 43.3 Å². The standard InChI is InChI=1S/C26H33N3O3/c1-19-5-3-4-6-24(19)26(31)29-17-11-20(12-18-29)25(30)27-21-7-9-22(10-8-21)32-23-13-15-28(2)16-14-23/h3-10,20,23H,11-18H2,1-2H3,(H,27,30). The summed E-state index contributed by atoms with van der Waals surface area (Å²) in [4.78, 5) is 29.7. The van der Waals surface area contributed by atoms with Gasteiger partial charge in [-0.25, -0.2) is 0 Å². The molecule has 2 aliphatic rings. The maximum absolute atomic E-state index is 12.8. The molecule has 2 aliphatic heterocycles. The number of anilines is 1. The van der Waals surface area contributed by atoms with Crippen LogP contribution in [0.2, 0.25) is 0 Å². The molecule has 0 saturated carbocycles. The zero-order chi connectivity index (χ0) is 22.5. The number of nitrogens with zero attached hydrogens (tertiary/aromatic N) is 2. The van der Waals surface area contributed by atoms with E-state index < -0.39 is 0 Å². The predicted molar refractivity (Wildman–Crippen MR) is 126 cm³/mol. The molecule has 1 N–H and O–H groups in total. The summed E-state index contributed by atoms with van der Waals surface area (Å²) in [6, 6.07) is 15.3. The van der Waals surface area contributed by atoms with Crippen molar-refractivity contribution in [3.05, 3.63) is 59.7 Å². The number of rotatable bonds is 5. The molecule has 2 heterocycles. The molecule has 2 aromatic rings. The fourth-order valence-corrected chi connectivity index (χ4v) is 4.48. The molecule has 0 bridgehead atoms. The molecular formula is C26H33N3O3. The van der Waals surface area contributed by atoms with Gasteiger partial charge in [0.1, 0.15) is 11.9 Å². The van der Waals surface area contributed by atoms with Gasteiger partial charge in [0.15, 0.2) is 0 Å². The monoisotopic (exact) mass is 435 g/mol. The Morgan fingerprint density at radius 2 is 1.56 bits per heavy atom. The van der Waals surface area contributed by atoms with Gasteiger partial charge in [0.05, 0.1) is 0 Å². The second-order valence-electron chi connectivity index (χ2n) is 9.02. The lowest BCUT2D eigenvalue weighted by Crippen LogP contribution is -2.41. The topological polar surface area (TPSA) is 61.9 Å². The molecule has 2 amide bonds. The Bertz CT molecular complexity index is 928. The van der Waals surface area contributed by atoms with E-state index in [4.69, 9.17) is 4.74 Å². The first-order valence-electron chi connectivity index (χ1n) is 11.6. The first kappa shape index (κ1) is 22.3. The van der Waals surface area contributed by atoms with Crippen LogP contribution in [0.1, 0.15) is 41.6 Å². The number of hydrogen-bond donors (Lipinski definition) is 1. The number of nitrogens with one attached hydrogen (secondary N) is 1. The van der Waals surface area contributed by atoms with E-state index in [2.05, 4.69) is 17.3 Å². The number of piperidine rings is 2. The summed E-state index contributed by atoms with van der Waals surface area (Å²) in [5.41, 5.74) is 2.52. The number of aryl methyl sites for hydroxylation is 1. The van der Waals surface area contributed by atoms with Crippen molar-refractivity contribution in [3.63, 3.8) is 0 Å². The number of ether oxygens (including phenoxy) is 1. The number of carbonyl (C=O) groups is 2. The number of carbonyl (C=O) groups excluding carboxylic acids is 2. The molecule has 0 aliphatic carbocycles. The second-order valence-corrected chi connectivity index (χ2v) is 9.02. The lowest BCUT2D eigenvalue weighted by atomic mass is 9.95. The van der Waals surface area contributed by atoms with Crippen LogP contribution in [-0.2, 0) is 4.79 Å². The lowest BCUT2D eigenvalue weighted by molar-refractivity contribution is -0.121. The highest BCUT2D eigenvalue weighted by Gasteiger charge is 2.28. The number of amides is 2. The van der Waals surface area contributed by atoms with Crippen LogP contribution in [-0.4, -0.2) is 60.9 Å². The molecule has 0 atom stereocenters. The van der Waals surface area contributed by atoms with E-state index in [-0.39, 0.29) is 23.8 Å². The van der Waals surface area contributed by atoms with Crippen LogP contribution in [0.15, 0.2) is 48.5 Å². The van der Waals surface area contributed by atoms with Crippen LogP contribution in [0.25, 0.3) is 0 Å². The van der Waals surface area contributed by atoms with E-state index >= 15 is 0 Å². The van der Waals surface area contributed by atoms with Crippen molar-refractivity contribution in [2.75, 3.05) is 38.5 Å². The highest BCUT2D eigenvalue weighted by Crippen LogP contribution is 2.24. The fourth-order valence-electron chi connectivity index (χ4n) is 4.48. The highest BCUT2D eigenvalue weighted by molar-refractivity contribution is 5.96. The molecule has 4 rings (SSSR count). The number of benzene rings is 2. The molecule has 0 unspecified atom stereocenters. The highest BCUT2D eigenvalue weighted by atomic mass is 16.5. The van der Waals surface area contributed by atoms with Crippen LogP contribution in [0, 0.1) is 12.8 Å². The molecular weight excluding hydrogens is 402 g/mol. The zero-order valence-corrected chi connectivity index (χ0v) is 19.0. The third-order valence-electron chi connectivity index (χ3n) is 6.62. The average molecular weight is 436 g/mol. The van der Waals surface area contributed by atoms with E-state index in [1.807, 2.05) is 60.4 Å². The van der Waals surface area contributed by atoms with Crippen LogP contribution >= 0.6 is 0 Å². The molecule has 2 aromatic carbocycles. The third kappa shape index (κ3) is 5.49. The Morgan fingerprint density at radius 1 is 0.906 bits per heavy atom. The molecule has 6 heteroatoms. The van der Waals surface area contributed by atoms with Gasteiger partial charge in [-0.05, 0) is 75.5 Å². The van der Waals surface area contributed by atoms with Gasteiger partial charge in [-0.3, -0.25) is 9.59 Å². The Labute approximate surface area is 190 Å². The van der Waals surface area contributed by atoms with Gasteiger partial charge in [-0.1, -0.05) is 18.2 Å². The molecule has 2 saturated heterocycles. The minimum atomic E-state index is -0.0777. The van der Waals surface area contributed by atoms with E-state index in [9.17, 15) is 9.59 Å². The normalized spacial score (nSPS) is 18.4. The van der Waals surface area contributed by atoms with Crippen molar-refractivity contribution < 1.29 is 14.3 Å². The third-order valence-corrected chi connectivity index (χ3v) is 6.62. The van der Waals surface area contributed by atoms with Crippen LogP contribution in [0.3, 0.4) is 0 Å². The smallest absolute Gasteiger partial charge is 0.254 e. The van der Waals surface area contributed by atoms with E-state index in [0.717, 1.165) is 48.5 Å². The molecule has 6 nitrogen and oxygen atoms in total. The molecule has 0 radical (unpaired) electrons. The van der Waals surface area contributed by atoms with Crippen LogP contribution in [0.4, 0.5) is 5.69 Å². The lowest BCUT2D eigenvalue weighted by Gasteiger charge is -2.31. The molecule has 0 spiro atoms. The first-order valence-corrected chi connectivity index (χ1v) is 11.6. The van der Waals surface area contributed by atoms with E-state index in [1.165, 1.54) is 0 Å². The van der Waals surface area contributed by atoms with Gasteiger partial charge >= 0.3 is 0 Å². The van der Waals surface area contributed by atoms with Crippen molar-refractivity contribution in [2.45, 2.75) is 38.7 Å². The summed E-state index contributed by atoms with van der Waals surface area (Å²) >= 11 is 0. The minimum Gasteiger partial charge on any atom is -0.490 e. The summed E-state index contributed by atoms with van der Waals surface area (Å²) in [6.45, 7) is 5.29. The van der Waals surface area contributed by atoms with E-state index in [1.54, 1.807) is 0 Å². The van der Waals surface area contributed by atoms with Gasteiger partial charge in [0.25, 0.3) is 5.91 Å². The zero-order valence-electron chi connectivity index (χ0n) is 19.0. The Kier molecular flexibility index (Phi) is 7.10. The maximum atomic E-state index is 12.8. The van der Waals surface area contributed by atoms with Crippen molar-refractivity contribution in [3.8, 4) is 5.75 Å².